The Labute approximate surface area is 95.4 Å². The average molecular weight is 225 g/mol. The highest BCUT2D eigenvalue weighted by Gasteiger charge is 2.50. The standard InChI is InChI=1S/C12H19NO3/c14-10(5-4-9-2-1-3-9)13-8-12(6-7-12)11(15)16/h9H,1-8H2,(H,13,14)(H,15,16). The molecule has 0 atom stereocenters. The van der Waals surface area contributed by atoms with E-state index >= 15 is 0 Å². The second kappa shape index (κ2) is 4.44. The van der Waals surface area contributed by atoms with Crippen LogP contribution in [0.25, 0.3) is 0 Å². The van der Waals surface area contributed by atoms with Crippen LogP contribution in [0, 0.1) is 11.3 Å². The van der Waals surface area contributed by atoms with E-state index in [4.69, 9.17) is 5.11 Å². The van der Waals surface area contributed by atoms with Gasteiger partial charge in [0.1, 0.15) is 0 Å². The van der Waals surface area contributed by atoms with Gasteiger partial charge in [-0.3, -0.25) is 9.59 Å². The molecule has 0 aromatic heterocycles. The maximum absolute atomic E-state index is 11.5. The van der Waals surface area contributed by atoms with Gasteiger partial charge in [0.05, 0.1) is 5.41 Å². The van der Waals surface area contributed by atoms with Crippen molar-refractivity contribution in [3.05, 3.63) is 0 Å². The van der Waals surface area contributed by atoms with Crippen LogP contribution in [0.3, 0.4) is 0 Å². The summed E-state index contributed by atoms with van der Waals surface area (Å²) in [5.41, 5.74) is -0.633. The number of carbonyl (C=O) groups is 2. The van der Waals surface area contributed by atoms with Gasteiger partial charge >= 0.3 is 5.97 Å². The van der Waals surface area contributed by atoms with Gasteiger partial charge in [0.25, 0.3) is 0 Å². The Bertz CT molecular complexity index is 293. The summed E-state index contributed by atoms with van der Waals surface area (Å²) in [5, 5.41) is 11.7. The Morgan fingerprint density at radius 3 is 2.44 bits per heavy atom. The number of hydrogen-bond donors (Lipinski definition) is 2. The van der Waals surface area contributed by atoms with Gasteiger partial charge in [-0.2, -0.15) is 0 Å². The maximum atomic E-state index is 11.5. The van der Waals surface area contributed by atoms with Crippen molar-refractivity contribution in [2.45, 2.75) is 44.9 Å². The van der Waals surface area contributed by atoms with Crippen LogP contribution in [0.15, 0.2) is 0 Å². The van der Waals surface area contributed by atoms with Crippen molar-refractivity contribution in [3.8, 4) is 0 Å². The number of nitrogens with one attached hydrogen (secondary N) is 1. The summed E-state index contributed by atoms with van der Waals surface area (Å²) >= 11 is 0. The van der Waals surface area contributed by atoms with Gasteiger partial charge in [-0.1, -0.05) is 19.3 Å². The highest BCUT2D eigenvalue weighted by atomic mass is 16.4. The number of carbonyl (C=O) groups excluding carboxylic acids is 1. The molecule has 0 aliphatic heterocycles. The molecule has 2 aliphatic rings. The monoisotopic (exact) mass is 225 g/mol. The normalized spacial score (nSPS) is 22.2. The zero-order valence-corrected chi connectivity index (χ0v) is 9.50. The first-order chi connectivity index (χ1) is 7.62. The lowest BCUT2D eigenvalue weighted by molar-refractivity contribution is -0.143. The van der Waals surface area contributed by atoms with E-state index in [0.29, 0.717) is 25.8 Å². The van der Waals surface area contributed by atoms with Crippen molar-refractivity contribution in [2.75, 3.05) is 6.54 Å². The quantitative estimate of drug-likeness (QED) is 0.720. The first-order valence-electron chi connectivity index (χ1n) is 6.12. The molecule has 90 valence electrons. The molecular formula is C12H19NO3. The lowest BCUT2D eigenvalue weighted by Crippen LogP contribution is -2.34. The Morgan fingerprint density at radius 2 is 2.00 bits per heavy atom. The molecule has 0 aromatic carbocycles. The largest absolute Gasteiger partial charge is 0.481 e. The summed E-state index contributed by atoms with van der Waals surface area (Å²) in [4.78, 5) is 22.3. The summed E-state index contributed by atoms with van der Waals surface area (Å²) in [6.07, 6.45) is 6.73. The minimum Gasteiger partial charge on any atom is -0.481 e. The Kier molecular flexibility index (Phi) is 3.17. The van der Waals surface area contributed by atoms with Gasteiger partial charge in [0, 0.05) is 13.0 Å². The van der Waals surface area contributed by atoms with E-state index in [1.807, 2.05) is 0 Å². The fraction of sp³-hybridized carbons (Fsp3) is 0.833. The molecule has 2 N–H and O–H groups in total. The van der Waals surface area contributed by atoms with Gasteiger partial charge < -0.3 is 10.4 Å². The minimum atomic E-state index is -0.771. The molecule has 0 radical (unpaired) electrons. The summed E-state index contributed by atoms with van der Waals surface area (Å²) in [6.45, 7) is 0.311. The second-order valence-corrected chi connectivity index (χ2v) is 5.20. The maximum Gasteiger partial charge on any atom is 0.311 e. The Balaban J connectivity index is 1.62. The van der Waals surface area contributed by atoms with Crippen molar-refractivity contribution in [1.82, 2.24) is 5.32 Å². The molecule has 1 amide bonds. The van der Waals surface area contributed by atoms with Crippen LogP contribution < -0.4 is 5.32 Å². The zero-order valence-electron chi connectivity index (χ0n) is 9.50. The van der Waals surface area contributed by atoms with Gasteiger partial charge in [-0.05, 0) is 25.2 Å². The predicted octanol–water partition coefficient (Wildman–Crippen LogP) is 1.55. The highest BCUT2D eigenvalue weighted by Crippen LogP contribution is 2.45. The number of carboxylic acid groups (broad SMARTS) is 1. The van der Waals surface area contributed by atoms with Crippen molar-refractivity contribution in [1.29, 1.82) is 0 Å². The lowest BCUT2D eigenvalue weighted by Gasteiger charge is -2.24. The van der Waals surface area contributed by atoms with Crippen LogP contribution in [0.1, 0.15) is 44.9 Å². The molecule has 0 heterocycles. The molecule has 2 fully saturated rings. The van der Waals surface area contributed by atoms with Crippen LogP contribution >= 0.6 is 0 Å². The molecular weight excluding hydrogens is 206 g/mol. The smallest absolute Gasteiger partial charge is 0.311 e. The molecule has 0 spiro atoms. The third kappa shape index (κ3) is 2.54. The Morgan fingerprint density at radius 1 is 1.31 bits per heavy atom. The van der Waals surface area contributed by atoms with Crippen LogP contribution in [0.5, 0.6) is 0 Å². The van der Waals surface area contributed by atoms with Gasteiger partial charge in [0.2, 0.25) is 5.91 Å². The number of rotatable bonds is 6. The summed E-state index contributed by atoms with van der Waals surface area (Å²) < 4.78 is 0. The lowest BCUT2D eigenvalue weighted by atomic mass is 9.82. The van der Waals surface area contributed by atoms with E-state index in [0.717, 1.165) is 12.3 Å². The highest BCUT2D eigenvalue weighted by molar-refractivity contribution is 5.80. The van der Waals surface area contributed by atoms with Crippen molar-refractivity contribution >= 4 is 11.9 Å². The van der Waals surface area contributed by atoms with E-state index in [1.54, 1.807) is 0 Å². The average Bonchev–Trinajstić information content (AvgIpc) is 2.93. The SMILES string of the molecule is O=C(CCC1CCC1)NCC1(C(=O)O)CC1. The number of carboxylic acids is 1. The Hall–Kier alpha value is -1.06. The third-order valence-electron chi connectivity index (χ3n) is 3.94. The first-order valence-corrected chi connectivity index (χ1v) is 6.12. The van der Waals surface area contributed by atoms with E-state index in [-0.39, 0.29) is 5.91 Å². The molecule has 4 heteroatoms. The van der Waals surface area contributed by atoms with E-state index < -0.39 is 11.4 Å². The molecule has 16 heavy (non-hydrogen) atoms. The summed E-state index contributed by atoms with van der Waals surface area (Å²) in [6, 6.07) is 0. The molecule has 0 aromatic rings. The van der Waals surface area contributed by atoms with Crippen molar-refractivity contribution in [2.24, 2.45) is 11.3 Å². The van der Waals surface area contributed by atoms with E-state index in [2.05, 4.69) is 5.32 Å². The van der Waals surface area contributed by atoms with Crippen LogP contribution in [0.2, 0.25) is 0 Å². The number of amides is 1. The molecule has 2 aliphatic carbocycles. The molecule has 4 nitrogen and oxygen atoms in total. The second-order valence-electron chi connectivity index (χ2n) is 5.20. The molecule has 0 saturated heterocycles. The van der Waals surface area contributed by atoms with Crippen molar-refractivity contribution in [3.63, 3.8) is 0 Å². The minimum absolute atomic E-state index is 0.0134. The van der Waals surface area contributed by atoms with Crippen LogP contribution in [0.4, 0.5) is 0 Å². The molecule has 0 bridgehead atoms. The number of aliphatic carboxylic acids is 1. The predicted molar refractivity (Wildman–Crippen MR) is 58.9 cm³/mol. The van der Waals surface area contributed by atoms with Crippen molar-refractivity contribution < 1.29 is 14.7 Å². The van der Waals surface area contributed by atoms with Gasteiger partial charge in [0.15, 0.2) is 0 Å². The molecule has 2 saturated carbocycles. The topological polar surface area (TPSA) is 66.4 Å². The fourth-order valence-corrected chi connectivity index (χ4v) is 2.09. The van der Waals surface area contributed by atoms with Gasteiger partial charge in [-0.25, -0.2) is 0 Å². The zero-order chi connectivity index (χ0) is 11.6. The van der Waals surface area contributed by atoms with Gasteiger partial charge in [-0.15, -0.1) is 0 Å². The summed E-state index contributed by atoms with van der Waals surface area (Å²) in [7, 11) is 0. The first kappa shape index (κ1) is 11.4. The fourth-order valence-electron chi connectivity index (χ4n) is 2.09. The van der Waals surface area contributed by atoms with Crippen LogP contribution in [-0.4, -0.2) is 23.5 Å². The van der Waals surface area contributed by atoms with Crippen LogP contribution in [-0.2, 0) is 9.59 Å². The van der Waals surface area contributed by atoms with E-state index in [9.17, 15) is 9.59 Å². The van der Waals surface area contributed by atoms with E-state index in [1.165, 1.54) is 19.3 Å². The molecule has 0 unspecified atom stereocenters. The third-order valence-corrected chi connectivity index (χ3v) is 3.94. The number of hydrogen-bond acceptors (Lipinski definition) is 2. The molecule has 2 rings (SSSR count). The summed E-state index contributed by atoms with van der Waals surface area (Å²) in [5.74, 6) is -0.0219.